The van der Waals surface area contributed by atoms with Crippen molar-refractivity contribution >= 4 is 11.9 Å². The van der Waals surface area contributed by atoms with Crippen LogP contribution in [-0.4, -0.2) is 49.1 Å². The summed E-state index contributed by atoms with van der Waals surface area (Å²) in [5.74, 6) is -0.0928. The van der Waals surface area contributed by atoms with Gasteiger partial charge in [-0.1, -0.05) is 0 Å². The Hall–Kier alpha value is -1.10. The minimum atomic E-state index is -0.193. The van der Waals surface area contributed by atoms with Crippen molar-refractivity contribution in [3.05, 3.63) is 0 Å². The van der Waals surface area contributed by atoms with Crippen molar-refractivity contribution in [1.82, 2.24) is 10.2 Å². The summed E-state index contributed by atoms with van der Waals surface area (Å²) >= 11 is 0. The molecule has 18 heavy (non-hydrogen) atoms. The normalized spacial score (nSPS) is 18.4. The number of methoxy groups -OCH3 is 1. The van der Waals surface area contributed by atoms with Crippen LogP contribution in [0, 0.1) is 5.92 Å². The van der Waals surface area contributed by atoms with Crippen LogP contribution < -0.4 is 5.32 Å². The van der Waals surface area contributed by atoms with E-state index in [2.05, 4.69) is 10.2 Å². The minimum absolute atomic E-state index is 0.00285. The number of nitrogens with one attached hydrogen (secondary N) is 1. The number of hydrogen-bond acceptors (Lipinski definition) is 4. The largest absolute Gasteiger partial charge is 0.469 e. The van der Waals surface area contributed by atoms with E-state index in [4.69, 9.17) is 4.74 Å². The van der Waals surface area contributed by atoms with E-state index in [0.29, 0.717) is 6.54 Å². The van der Waals surface area contributed by atoms with Crippen molar-refractivity contribution in [2.75, 3.05) is 26.7 Å². The predicted octanol–water partition coefficient (Wildman–Crippen LogP) is 0.786. The lowest BCUT2D eigenvalue weighted by atomic mass is 9.97. The van der Waals surface area contributed by atoms with Crippen LogP contribution in [0.1, 0.15) is 33.6 Å². The number of rotatable bonds is 3. The highest BCUT2D eigenvalue weighted by molar-refractivity contribution is 5.78. The first kappa shape index (κ1) is 15.0. The van der Waals surface area contributed by atoms with Gasteiger partial charge in [0.1, 0.15) is 0 Å². The molecule has 5 heteroatoms. The zero-order valence-corrected chi connectivity index (χ0v) is 11.8. The third-order valence-electron chi connectivity index (χ3n) is 3.00. The molecule has 1 N–H and O–H groups in total. The van der Waals surface area contributed by atoms with Crippen molar-refractivity contribution in [2.45, 2.75) is 39.2 Å². The lowest BCUT2D eigenvalue weighted by Gasteiger charge is -2.31. The highest BCUT2D eigenvalue weighted by Crippen LogP contribution is 2.18. The van der Waals surface area contributed by atoms with Crippen LogP contribution in [0.25, 0.3) is 0 Å². The van der Waals surface area contributed by atoms with Gasteiger partial charge in [-0.15, -0.1) is 0 Å². The van der Waals surface area contributed by atoms with Gasteiger partial charge in [0.25, 0.3) is 0 Å². The fraction of sp³-hybridized carbons (Fsp3) is 0.846. The SMILES string of the molecule is COC(=O)C1CCN(CC(=O)NC(C)(C)C)CC1. The molecule has 0 bridgehead atoms. The molecule has 1 aliphatic rings. The number of nitrogens with zero attached hydrogens (tertiary/aromatic N) is 1. The molecule has 1 saturated heterocycles. The molecule has 5 nitrogen and oxygen atoms in total. The van der Waals surface area contributed by atoms with Gasteiger partial charge in [-0.25, -0.2) is 0 Å². The number of esters is 1. The molecule has 0 aromatic rings. The Labute approximate surface area is 109 Å². The van der Waals surface area contributed by atoms with E-state index in [0.717, 1.165) is 25.9 Å². The molecule has 1 fully saturated rings. The van der Waals surface area contributed by atoms with Gasteiger partial charge in [0.2, 0.25) is 5.91 Å². The van der Waals surface area contributed by atoms with Crippen molar-refractivity contribution in [1.29, 1.82) is 0 Å². The second-order valence-electron chi connectivity index (χ2n) is 5.87. The monoisotopic (exact) mass is 256 g/mol. The Morgan fingerprint density at radius 2 is 1.83 bits per heavy atom. The van der Waals surface area contributed by atoms with Crippen LogP contribution in [0.3, 0.4) is 0 Å². The Balaban J connectivity index is 2.31. The van der Waals surface area contributed by atoms with E-state index >= 15 is 0 Å². The first-order chi connectivity index (χ1) is 8.31. The quantitative estimate of drug-likeness (QED) is 0.758. The van der Waals surface area contributed by atoms with Crippen LogP contribution in [0.2, 0.25) is 0 Å². The zero-order chi connectivity index (χ0) is 13.8. The molecule has 1 aliphatic heterocycles. The van der Waals surface area contributed by atoms with Gasteiger partial charge in [-0.3, -0.25) is 14.5 Å². The van der Waals surface area contributed by atoms with Crippen molar-refractivity contribution in [2.24, 2.45) is 5.92 Å². The molecule has 104 valence electrons. The van der Waals surface area contributed by atoms with Gasteiger partial charge in [-0.05, 0) is 46.7 Å². The first-order valence-corrected chi connectivity index (χ1v) is 6.43. The maximum atomic E-state index is 11.8. The summed E-state index contributed by atoms with van der Waals surface area (Å²) in [7, 11) is 1.42. The zero-order valence-electron chi connectivity index (χ0n) is 11.8. The molecule has 1 heterocycles. The second-order valence-corrected chi connectivity index (χ2v) is 5.87. The molecule has 0 unspecified atom stereocenters. The highest BCUT2D eigenvalue weighted by atomic mass is 16.5. The molecule has 1 amide bonds. The predicted molar refractivity (Wildman–Crippen MR) is 69.1 cm³/mol. The van der Waals surface area contributed by atoms with Crippen molar-refractivity contribution < 1.29 is 14.3 Å². The number of hydrogen-bond donors (Lipinski definition) is 1. The molecule has 0 aromatic heterocycles. The molecular formula is C13H24N2O3. The topological polar surface area (TPSA) is 58.6 Å². The van der Waals surface area contributed by atoms with Crippen LogP contribution in [0.4, 0.5) is 0 Å². The number of piperidine rings is 1. The average Bonchev–Trinajstić information content (AvgIpc) is 2.26. The molecule has 0 spiro atoms. The van der Waals surface area contributed by atoms with Crippen molar-refractivity contribution in [3.63, 3.8) is 0 Å². The van der Waals surface area contributed by atoms with Gasteiger partial charge in [0, 0.05) is 5.54 Å². The Morgan fingerprint density at radius 1 is 1.28 bits per heavy atom. The van der Waals surface area contributed by atoms with E-state index in [1.54, 1.807) is 0 Å². The summed E-state index contributed by atoms with van der Waals surface area (Å²) in [5, 5.41) is 2.94. The average molecular weight is 256 g/mol. The molecule has 0 saturated carbocycles. The molecule has 1 rings (SSSR count). The van der Waals surface area contributed by atoms with Crippen LogP contribution in [0.5, 0.6) is 0 Å². The number of likely N-dealkylation sites (tertiary alicyclic amines) is 1. The van der Waals surface area contributed by atoms with Gasteiger partial charge in [0.15, 0.2) is 0 Å². The fourth-order valence-electron chi connectivity index (χ4n) is 2.15. The van der Waals surface area contributed by atoms with Gasteiger partial charge in [0.05, 0.1) is 19.6 Å². The molecule has 0 aliphatic carbocycles. The number of carbonyl (C=O) groups is 2. The lowest BCUT2D eigenvalue weighted by molar-refractivity contribution is -0.147. The molecule has 0 aromatic carbocycles. The summed E-state index contributed by atoms with van der Waals surface area (Å²) < 4.78 is 4.74. The third kappa shape index (κ3) is 5.04. The van der Waals surface area contributed by atoms with E-state index in [1.807, 2.05) is 20.8 Å². The maximum absolute atomic E-state index is 11.8. The molecular weight excluding hydrogens is 232 g/mol. The first-order valence-electron chi connectivity index (χ1n) is 6.43. The second kappa shape index (κ2) is 6.18. The maximum Gasteiger partial charge on any atom is 0.308 e. The van der Waals surface area contributed by atoms with Gasteiger partial charge >= 0.3 is 5.97 Å². The third-order valence-corrected chi connectivity index (χ3v) is 3.00. The van der Waals surface area contributed by atoms with E-state index in [9.17, 15) is 9.59 Å². The smallest absolute Gasteiger partial charge is 0.308 e. The van der Waals surface area contributed by atoms with Crippen LogP contribution in [-0.2, 0) is 14.3 Å². The van der Waals surface area contributed by atoms with E-state index in [-0.39, 0.29) is 23.3 Å². The molecule has 0 radical (unpaired) electrons. The molecule has 0 atom stereocenters. The summed E-state index contributed by atoms with van der Waals surface area (Å²) in [5.41, 5.74) is -0.193. The Kier molecular flexibility index (Phi) is 5.14. The van der Waals surface area contributed by atoms with E-state index in [1.165, 1.54) is 7.11 Å². The standard InChI is InChI=1S/C13H24N2O3/c1-13(2,3)14-11(16)9-15-7-5-10(6-8-15)12(17)18-4/h10H,5-9H2,1-4H3,(H,14,16). The fourth-order valence-corrected chi connectivity index (χ4v) is 2.15. The highest BCUT2D eigenvalue weighted by Gasteiger charge is 2.26. The van der Waals surface area contributed by atoms with Gasteiger partial charge < -0.3 is 10.1 Å². The van der Waals surface area contributed by atoms with Crippen LogP contribution in [0.15, 0.2) is 0 Å². The van der Waals surface area contributed by atoms with Gasteiger partial charge in [-0.2, -0.15) is 0 Å². The van der Waals surface area contributed by atoms with Crippen LogP contribution >= 0.6 is 0 Å². The summed E-state index contributed by atoms with van der Waals surface area (Å²) in [6.45, 7) is 7.86. The Bertz CT molecular complexity index is 302. The number of amides is 1. The summed E-state index contributed by atoms with van der Waals surface area (Å²) in [6.07, 6.45) is 1.55. The lowest BCUT2D eigenvalue weighted by Crippen LogP contribution is -2.48. The summed E-state index contributed by atoms with van der Waals surface area (Å²) in [6, 6.07) is 0. The Morgan fingerprint density at radius 3 is 2.28 bits per heavy atom. The summed E-state index contributed by atoms with van der Waals surface area (Å²) in [4.78, 5) is 25.2. The van der Waals surface area contributed by atoms with E-state index < -0.39 is 0 Å². The number of carbonyl (C=O) groups excluding carboxylic acids is 2. The minimum Gasteiger partial charge on any atom is -0.469 e. The van der Waals surface area contributed by atoms with Crippen molar-refractivity contribution in [3.8, 4) is 0 Å². The number of ether oxygens (including phenoxy) is 1.